The van der Waals surface area contributed by atoms with Gasteiger partial charge >= 0.3 is 0 Å². The topological polar surface area (TPSA) is 65.5 Å². The molecule has 1 atom stereocenters. The maximum atomic E-state index is 11.8. The van der Waals surface area contributed by atoms with Crippen molar-refractivity contribution in [2.24, 2.45) is 10.4 Å². The summed E-state index contributed by atoms with van der Waals surface area (Å²) in [6, 6.07) is 2.15. The van der Waals surface area contributed by atoms with E-state index in [0.717, 1.165) is 19.0 Å². The highest BCUT2D eigenvalue weighted by Crippen LogP contribution is 2.17. The van der Waals surface area contributed by atoms with E-state index in [2.05, 4.69) is 44.7 Å². The number of hydrogen-bond donors (Lipinski definition) is 3. The lowest BCUT2D eigenvalue weighted by molar-refractivity contribution is -0.128. The molecular weight excluding hydrogens is 296 g/mol. The van der Waals surface area contributed by atoms with Crippen LogP contribution in [0.25, 0.3) is 0 Å². The number of hydrogen-bond acceptors (Lipinski definition) is 3. The maximum Gasteiger partial charge on any atom is 0.227 e. The predicted octanol–water partition coefficient (Wildman–Crippen LogP) is 2.18. The molecule has 1 aromatic heterocycles. The first-order valence-electron chi connectivity index (χ1n) is 7.67. The first kappa shape index (κ1) is 18.5. The average Bonchev–Trinajstić information content (AvgIpc) is 3.03. The summed E-state index contributed by atoms with van der Waals surface area (Å²) in [5.41, 5.74) is 0.815. The van der Waals surface area contributed by atoms with Crippen LogP contribution in [0.15, 0.2) is 21.8 Å². The lowest BCUT2D eigenvalue weighted by atomic mass is 9.93. The van der Waals surface area contributed by atoms with Crippen molar-refractivity contribution >= 4 is 23.2 Å². The van der Waals surface area contributed by atoms with Crippen LogP contribution in [0.4, 0.5) is 0 Å². The molecule has 1 amide bonds. The van der Waals surface area contributed by atoms with Crippen molar-refractivity contribution in [3.8, 4) is 0 Å². The number of aliphatic imine (C=N–C) groups is 1. The van der Waals surface area contributed by atoms with E-state index in [1.54, 1.807) is 18.4 Å². The van der Waals surface area contributed by atoms with Crippen LogP contribution < -0.4 is 16.0 Å². The van der Waals surface area contributed by atoms with Gasteiger partial charge < -0.3 is 16.0 Å². The minimum Gasteiger partial charge on any atom is -0.359 e. The van der Waals surface area contributed by atoms with Gasteiger partial charge in [-0.1, -0.05) is 6.92 Å². The quantitative estimate of drug-likeness (QED) is 0.532. The molecule has 0 saturated carbocycles. The van der Waals surface area contributed by atoms with E-state index >= 15 is 0 Å². The summed E-state index contributed by atoms with van der Waals surface area (Å²) >= 11 is 1.71. The summed E-state index contributed by atoms with van der Waals surface area (Å²) in [7, 11) is 1.65. The number of amides is 1. The van der Waals surface area contributed by atoms with Gasteiger partial charge in [-0.05, 0) is 49.1 Å². The molecule has 1 unspecified atom stereocenters. The fourth-order valence-corrected chi connectivity index (χ4v) is 2.73. The van der Waals surface area contributed by atoms with Gasteiger partial charge in [0.15, 0.2) is 5.96 Å². The summed E-state index contributed by atoms with van der Waals surface area (Å²) in [5.74, 6) is 1.17. The second-order valence-electron chi connectivity index (χ2n) is 6.00. The third kappa shape index (κ3) is 5.67. The fourth-order valence-electron chi connectivity index (χ4n) is 1.95. The van der Waals surface area contributed by atoms with E-state index in [-0.39, 0.29) is 5.91 Å². The molecule has 1 heterocycles. The Kier molecular flexibility index (Phi) is 7.38. The van der Waals surface area contributed by atoms with Gasteiger partial charge in [-0.25, -0.2) is 0 Å². The largest absolute Gasteiger partial charge is 0.359 e. The fraction of sp³-hybridized carbons (Fsp3) is 0.625. The Morgan fingerprint density at radius 1 is 1.41 bits per heavy atom. The SMILES string of the molecule is CCNC(=NCC(C)(C)C(=O)NC)NCC(C)c1ccsc1. The molecule has 3 N–H and O–H groups in total. The van der Waals surface area contributed by atoms with E-state index in [1.165, 1.54) is 5.56 Å². The predicted molar refractivity (Wildman–Crippen MR) is 94.6 cm³/mol. The molecule has 0 bridgehead atoms. The summed E-state index contributed by atoms with van der Waals surface area (Å²) in [4.78, 5) is 16.3. The monoisotopic (exact) mass is 324 g/mol. The summed E-state index contributed by atoms with van der Waals surface area (Å²) in [6.07, 6.45) is 0. The lowest BCUT2D eigenvalue weighted by Gasteiger charge is -2.21. The van der Waals surface area contributed by atoms with Gasteiger partial charge in [0.05, 0.1) is 12.0 Å². The van der Waals surface area contributed by atoms with Crippen LogP contribution in [0.5, 0.6) is 0 Å². The van der Waals surface area contributed by atoms with E-state index in [0.29, 0.717) is 12.5 Å². The second-order valence-corrected chi connectivity index (χ2v) is 6.78. The molecule has 0 radical (unpaired) electrons. The molecule has 0 aromatic carbocycles. The van der Waals surface area contributed by atoms with Crippen LogP contribution in [-0.4, -0.2) is 38.5 Å². The first-order valence-corrected chi connectivity index (χ1v) is 8.61. The number of carbonyl (C=O) groups excluding carboxylic acids is 1. The van der Waals surface area contributed by atoms with Crippen molar-refractivity contribution in [2.45, 2.75) is 33.6 Å². The Bertz CT molecular complexity index is 482. The van der Waals surface area contributed by atoms with Gasteiger partial charge in [0, 0.05) is 20.1 Å². The van der Waals surface area contributed by atoms with E-state index in [9.17, 15) is 4.79 Å². The molecule has 5 nitrogen and oxygen atoms in total. The van der Waals surface area contributed by atoms with Crippen LogP contribution in [0.2, 0.25) is 0 Å². The van der Waals surface area contributed by atoms with E-state index < -0.39 is 5.41 Å². The van der Waals surface area contributed by atoms with Crippen molar-refractivity contribution in [3.63, 3.8) is 0 Å². The molecule has 124 valence electrons. The smallest absolute Gasteiger partial charge is 0.227 e. The Hall–Kier alpha value is -1.56. The van der Waals surface area contributed by atoms with Crippen molar-refractivity contribution in [3.05, 3.63) is 22.4 Å². The first-order chi connectivity index (χ1) is 10.4. The van der Waals surface area contributed by atoms with Gasteiger partial charge in [0.2, 0.25) is 5.91 Å². The minimum absolute atomic E-state index is 0.00117. The van der Waals surface area contributed by atoms with Crippen LogP contribution in [0, 0.1) is 5.41 Å². The minimum atomic E-state index is -0.518. The van der Waals surface area contributed by atoms with Gasteiger partial charge in [0.25, 0.3) is 0 Å². The maximum absolute atomic E-state index is 11.8. The van der Waals surface area contributed by atoms with Crippen molar-refractivity contribution in [2.75, 3.05) is 26.7 Å². The zero-order chi connectivity index (χ0) is 16.6. The number of guanidine groups is 1. The molecule has 0 aliphatic carbocycles. The van der Waals surface area contributed by atoms with Crippen LogP contribution in [0.3, 0.4) is 0 Å². The van der Waals surface area contributed by atoms with E-state index in [4.69, 9.17) is 0 Å². The van der Waals surface area contributed by atoms with Gasteiger partial charge in [-0.3, -0.25) is 9.79 Å². The van der Waals surface area contributed by atoms with Crippen molar-refractivity contribution in [1.82, 2.24) is 16.0 Å². The lowest BCUT2D eigenvalue weighted by Crippen LogP contribution is -2.41. The van der Waals surface area contributed by atoms with Crippen LogP contribution in [0.1, 0.15) is 39.2 Å². The number of nitrogens with zero attached hydrogens (tertiary/aromatic N) is 1. The molecule has 6 heteroatoms. The van der Waals surface area contributed by atoms with Crippen LogP contribution >= 0.6 is 11.3 Å². The molecule has 1 aromatic rings. The Balaban J connectivity index is 2.60. The standard InChI is InChI=1S/C16H28N4OS/c1-6-18-15(20-11-16(3,4)14(21)17-5)19-9-12(2)13-7-8-22-10-13/h7-8,10,12H,6,9,11H2,1-5H3,(H,17,21)(H2,18,19,20). The highest BCUT2D eigenvalue weighted by molar-refractivity contribution is 7.07. The molecule has 0 aliphatic rings. The van der Waals surface area contributed by atoms with Gasteiger partial charge in [0.1, 0.15) is 0 Å². The van der Waals surface area contributed by atoms with Crippen molar-refractivity contribution in [1.29, 1.82) is 0 Å². The number of nitrogens with one attached hydrogen (secondary N) is 3. The summed E-state index contributed by atoms with van der Waals surface area (Å²) < 4.78 is 0. The Labute approximate surface area is 137 Å². The molecule has 0 spiro atoms. The zero-order valence-corrected chi connectivity index (χ0v) is 15.0. The molecule has 22 heavy (non-hydrogen) atoms. The molecular formula is C16H28N4OS. The van der Waals surface area contributed by atoms with Crippen molar-refractivity contribution < 1.29 is 4.79 Å². The van der Waals surface area contributed by atoms with E-state index in [1.807, 2.05) is 20.8 Å². The molecule has 0 aliphatic heterocycles. The number of rotatable bonds is 7. The van der Waals surface area contributed by atoms with Gasteiger partial charge in [-0.15, -0.1) is 0 Å². The zero-order valence-electron chi connectivity index (χ0n) is 14.2. The Morgan fingerprint density at radius 2 is 2.14 bits per heavy atom. The average molecular weight is 324 g/mol. The molecule has 1 rings (SSSR count). The number of thiophene rings is 1. The summed E-state index contributed by atoms with van der Waals surface area (Å²) in [5, 5.41) is 13.5. The third-order valence-corrected chi connectivity index (χ3v) is 4.21. The highest BCUT2D eigenvalue weighted by Gasteiger charge is 2.26. The second kappa shape index (κ2) is 8.78. The van der Waals surface area contributed by atoms with Crippen LogP contribution in [-0.2, 0) is 4.79 Å². The normalized spacial score (nSPS) is 13.6. The highest BCUT2D eigenvalue weighted by atomic mass is 32.1. The number of carbonyl (C=O) groups is 1. The molecule has 0 saturated heterocycles. The molecule has 0 fully saturated rings. The summed E-state index contributed by atoms with van der Waals surface area (Å²) in [6.45, 7) is 10.0. The Morgan fingerprint density at radius 3 is 2.68 bits per heavy atom. The van der Waals surface area contributed by atoms with Gasteiger partial charge in [-0.2, -0.15) is 11.3 Å². The third-order valence-electron chi connectivity index (χ3n) is 3.51.